The predicted octanol–water partition coefficient (Wildman–Crippen LogP) is 5.21. The van der Waals surface area contributed by atoms with Crippen molar-refractivity contribution in [3.63, 3.8) is 0 Å². The topological polar surface area (TPSA) is 104 Å². The summed E-state index contributed by atoms with van der Waals surface area (Å²) in [6.45, 7) is 6.65. The Morgan fingerprint density at radius 3 is 2.74 bits per heavy atom. The Kier molecular flexibility index (Phi) is 8.00. The van der Waals surface area contributed by atoms with Crippen molar-refractivity contribution in [2.45, 2.75) is 76.3 Å². The first-order valence-corrected chi connectivity index (χ1v) is 16.5. The van der Waals surface area contributed by atoms with Crippen molar-refractivity contribution >= 4 is 27.0 Å². The number of para-hydroxylation sites is 1. The number of aryl methyl sites for hydroxylation is 3. The third-order valence-corrected chi connectivity index (χ3v) is 10.7. The molecule has 3 aromatic carbocycles. The molecule has 4 aromatic rings. The van der Waals surface area contributed by atoms with Crippen LogP contribution in [0.2, 0.25) is 0 Å². The molecule has 2 atom stereocenters. The minimum absolute atomic E-state index is 0.166. The number of esters is 1. The number of rotatable bonds is 8. The zero-order valence-electron chi connectivity index (χ0n) is 25.2. The molecule has 0 saturated heterocycles. The number of fused-ring (bicyclic) bond motifs is 3. The van der Waals surface area contributed by atoms with Crippen molar-refractivity contribution < 1.29 is 22.7 Å². The van der Waals surface area contributed by atoms with E-state index in [1.54, 1.807) is 33.3 Å². The van der Waals surface area contributed by atoms with E-state index >= 15 is 0 Å². The monoisotopic (exact) mass is 602 g/mol. The molecule has 9 nitrogen and oxygen atoms in total. The molecule has 10 heteroatoms. The van der Waals surface area contributed by atoms with E-state index in [4.69, 9.17) is 9.47 Å². The minimum atomic E-state index is -3.80. The van der Waals surface area contributed by atoms with Gasteiger partial charge in [0.15, 0.2) is 0 Å². The Labute approximate surface area is 252 Å². The van der Waals surface area contributed by atoms with E-state index in [0.717, 1.165) is 52.5 Å². The lowest BCUT2D eigenvalue weighted by atomic mass is 9.83. The summed E-state index contributed by atoms with van der Waals surface area (Å²) in [6.07, 6.45) is 3.42. The number of nitrogens with zero attached hydrogens (tertiary/aromatic N) is 4. The number of carbonyl (C=O) groups is 1. The van der Waals surface area contributed by atoms with Gasteiger partial charge in [-0.1, -0.05) is 42.5 Å². The highest BCUT2D eigenvalue weighted by Crippen LogP contribution is 2.39. The van der Waals surface area contributed by atoms with Gasteiger partial charge in [0.2, 0.25) is 10.0 Å². The smallest absolute Gasteiger partial charge is 0.306 e. The van der Waals surface area contributed by atoms with E-state index < -0.39 is 10.0 Å². The van der Waals surface area contributed by atoms with Gasteiger partial charge in [-0.05, 0) is 91.1 Å². The predicted molar refractivity (Wildman–Crippen MR) is 164 cm³/mol. The van der Waals surface area contributed by atoms with Crippen LogP contribution >= 0.6 is 0 Å². The van der Waals surface area contributed by atoms with E-state index in [2.05, 4.69) is 28.5 Å². The lowest BCUT2D eigenvalue weighted by Crippen LogP contribution is -2.36. The van der Waals surface area contributed by atoms with Crippen LogP contribution in [0.4, 0.5) is 0 Å². The first-order chi connectivity index (χ1) is 20.7. The molecule has 226 valence electrons. The van der Waals surface area contributed by atoms with Crippen LogP contribution in [0.1, 0.15) is 72.4 Å². The lowest BCUT2D eigenvalue weighted by Gasteiger charge is -2.26. The maximum Gasteiger partial charge on any atom is 0.306 e. The second-order valence-corrected chi connectivity index (χ2v) is 13.4. The van der Waals surface area contributed by atoms with Gasteiger partial charge < -0.3 is 9.47 Å². The molecule has 1 aliphatic carbocycles. The summed E-state index contributed by atoms with van der Waals surface area (Å²) in [4.78, 5) is 13.2. The average molecular weight is 603 g/mol. The summed E-state index contributed by atoms with van der Waals surface area (Å²) in [7, 11) is -1.94. The molecule has 2 aliphatic rings. The molecule has 1 aromatic heterocycles. The molecule has 0 radical (unpaired) electrons. The van der Waals surface area contributed by atoms with Gasteiger partial charge in [-0.25, -0.2) is 13.1 Å². The summed E-state index contributed by atoms with van der Waals surface area (Å²) in [5.41, 5.74) is 8.07. The van der Waals surface area contributed by atoms with Gasteiger partial charge in [0.05, 0.1) is 25.1 Å². The van der Waals surface area contributed by atoms with Gasteiger partial charge in [0.1, 0.15) is 22.3 Å². The van der Waals surface area contributed by atoms with E-state index in [1.807, 2.05) is 33.9 Å². The normalized spacial score (nSPS) is 18.5. The highest BCUT2D eigenvalue weighted by Gasteiger charge is 2.35. The number of hydrogen-bond acceptors (Lipinski definition) is 7. The van der Waals surface area contributed by atoms with Crippen molar-refractivity contribution in [1.29, 1.82) is 0 Å². The summed E-state index contributed by atoms with van der Waals surface area (Å²) >= 11 is 0. The van der Waals surface area contributed by atoms with Gasteiger partial charge >= 0.3 is 5.97 Å². The lowest BCUT2D eigenvalue weighted by molar-refractivity contribution is -0.143. The van der Waals surface area contributed by atoms with E-state index in [0.29, 0.717) is 18.8 Å². The van der Waals surface area contributed by atoms with Crippen molar-refractivity contribution in [3.05, 3.63) is 81.9 Å². The third kappa shape index (κ3) is 5.42. The van der Waals surface area contributed by atoms with Crippen molar-refractivity contribution in [2.75, 3.05) is 13.2 Å². The van der Waals surface area contributed by atoms with Gasteiger partial charge in [-0.15, -0.1) is 5.10 Å². The Morgan fingerprint density at radius 1 is 1.14 bits per heavy atom. The quantitative estimate of drug-likeness (QED) is 0.255. The number of hydrogen-bond donors (Lipinski definition) is 0. The number of benzene rings is 3. The van der Waals surface area contributed by atoms with E-state index in [1.165, 1.54) is 11.1 Å². The number of ether oxygens (including phenoxy) is 2. The Hall–Kier alpha value is -3.76. The van der Waals surface area contributed by atoms with Crippen LogP contribution < -0.4 is 4.74 Å². The van der Waals surface area contributed by atoms with Crippen LogP contribution in [0, 0.1) is 6.92 Å². The van der Waals surface area contributed by atoms with Crippen molar-refractivity contribution in [3.8, 4) is 5.75 Å². The number of sulfonamides is 1. The first kappa shape index (κ1) is 29.3. The average Bonchev–Trinajstić information content (AvgIpc) is 3.60. The first-order valence-electron chi connectivity index (χ1n) is 15.1. The molecule has 0 amide bonds. The van der Waals surface area contributed by atoms with Crippen LogP contribution in [-0.2, 0) is 46.0 Å². The van der Waals surface area contributed by atoms with Crippen LogP contribution in [0.25, 0.3) is 11.0 Å². The number of aromatic nitrogens is 3. The second kappa shape index (κ2) is 11.7. The molecule has 0 N–H and O–H groups in total. The Balaban J connectivity index is 1.45. The molecular formula is C33H38N4O5S. The van der Waals surface area contributed by atoms with Crippen LogP contribution in [-0.4, -0.2) is 52.9 Å². The van der Waals surface area contributed by atoms with Crippen molar-refractivity contribution in [1.82, 2.24) is 19.3 Å². The summed E-state index contributed by atoms with van der Waals surface area (Å²) < 4.78 is 42.9. The molecule has 2 heterocycles. The molecule has 43 heavy (non-hydrogen) atoms. The summed E-state index contributed by atoms with van der Waals surface area (Å²) in [5, 5.41) is 8.59. The molecule has 1 aliphatic heterocycles. The van der Waals surface area contributed by atoms with E-state index in [-0.39, 0.29) is 42.4 Å². The molecule has 6 rings (SSSR count). The minimum Gasteiger partial charge on any atom is -0.488 e. The SMILES string of the molecule is CCOC(=O)CC(c1cc2c(c(CN3C[C@@H](CC)Oc4ccccc4S3(=O)=O)c1)CCC2)c1ccc2c(nnn2C)c1C. The molecule has 1 unspecified atom stereocenters. The number of carbonyl (C=O) groups excluding carboxylic acids is 1. The summed E-state index contributed by atoms with van der Waals surface area (Å²) in [6, 6.07) is 15.3. The molecular weight excluding hydrogens is 564 g/mol. The highest BCUT2D eigenvalue weighted by molar-refractivity contribution is 7.89. The second-order valence-electron chi connectivity index (χ2n) is 11.5. The van der Waals surface area contributed by atoms with Crippen LogP contribution in [0.5, 0.6) is 5.75 Å². The highest BCUT2D eigenvalue weighted by atomic mass is 32.2. The van der Waals surface area contributed by atoms with Crippen LogP contribution in [0.15, 0.2) is 53.4 Å². The molecule has 0 spiro atoms. The van der Waals surface area contributed by atoms with Gasteiger partial charge in [0, 0.05) is 19.5 Å². The van der Waals surface area contributed by atoms with Crippen molar-refractivity contribution in [2.24, 2.45) is 7.05 Å². The van der Waals surface area contributed by atoms with Gasteiger partial charge in [-0.3, -0.25) is 4.79 Å². The van der Waals surface area contributed by atoms with Gasteiger partial charge in [0.25, 0.3) is 0 Å². The third-order valence-electron chi connectivity index (χ3n) is 8.83. The standard InChI is InChI=1S/C33H38N4O5S/c1-5-25-20-37(43(39,40)31-13-8-7-12-30(31)42-25)19-24-17-23(16-22-10-9-11-27(22)24)28(18-32(38)41-6-2)26-14-15-29-33(21(26)3)34-35-36(29)4/h7-8,12-17,25,28H,5-6,9-11,18-20H2,1-4H3/t25-,28?/m1/s1. The zero-order valence-corrected chi connectivity index (χ0v) is 26.0. The van der Waals surface area contributed by atoms with E-state index in [9.17, 15) is 13.2 Å². The fourth-order valence-corrected chi connectivity index (χ4v) is 8.15. The maximum absolute atomic E-state index is 14.0. The fraction of sp³-hybridized carbons (Fsp3) is 0.424. The zero-order chi connectivity index (χ0) is 30.3. The largest absolute Gasteiger partial charge is 0.488 e. The Morgan fingerprint density at radius 2 is 1.95 bits per heavy atom. The summed E-state index contributed by atoms with van der Waals surface area (Å²) in [5.74, 6) is -0.161. The maximum atomic E-state index is 14.0. The van der Waals surface area contributed by atoms with Gasteiger partial charge in [-0.2, -0.15) is 4.31 Å². The molecule has 0 saturated carbocycles. The molecule has 0 bridgehead atoms. The Bertz CT molecular complexity index is 1800. The molecule has 0 fully saturated rings. The fourth-order valence-electron chi connectivity index (χ4n) is 6.58. The van der Waals surface area contributed by atoms with Crippen LogP contribution in [0.3, 0.4) is 0 Å².